The molecule has 2 rings (SSSR count). The van der Waals surface area contributed by atoms with E-state index in [2.05, 4.69) is 41.9 Å². The van der Waals surface area contributed by atoms with Gasteiger partial charge in [0.1, 0.15) is 5.75 Å². The number of aliphatic hydroxyl groups is 1. The van der Waals surface area contributed by atoms with Gasteiger partial charge in [-0.25, -0.2) is 0 Å². The van der Waals surface area contributed by atoms with Crippen LogP contribution in [0.3, 0.4) is 0 Å². The zero-order valence-electron chi connectivity index (χ0n) is 12.9. The number of rotatable bonds is 4. The van der Waals surface area contributed by atoms with Gasteiger partial charge in [-0.3, -0.25) is 0 Å². The first-order valence-corrected chi connectivity index (χ1v) is 7.75. The van der Waals surface area contributed by atoms with E-state index in [0.717, 1.165) is 21.3 Å². The van der Waals surface area contributed by atoms with E-state index in [9.17, 15) is 5.11 Å². The molecule has 1 unspecified atom stereocenters. The number of benzene rings is 2. The molecular formula is C18H21BrO2. The summed E-state index contributed by atoms with van der Waals surface area (Å²) in [5.41, 5.74) is 3.39. The van der Waals surface area contributed by atoms with E-state index in [1.807, 2.05) is 31.2 Å². The minimum Gasteiger partial charge on any atom is -0.496 e. The van der Waals surface area contributed by atoms with Crippen LogP contribution in [0.4, 0.5) is 0 Å². The number of methoxy groups -OCH3 is 1. The zero-order chi connectivity index (χ0) is 15.6. The van der Waals surface area contributed by atoms with Gasteiger partial charge in [0, 0.05) is 10.9 Å². The van der Waals surface area contributed by atoms with Crippen LogP contribution in [0.1, 0.15) is 29.2 Å². The molecule has 0 aliphatic rings. The van der Waals surface area contributed by atoms with E-state index in [-0.39, 0.29) is 0 Å². The number of aryl methyl sites for hydroxylation is 2. The largest absolute Gasteiger partial charge is 0.496 e. The minimum atomic E-state index is -0.938. The highest BCUT2D eigenvalue weighted by Crippen LogP contribution is 2.32. The Kier molecular flexibility index (Phi) is 4.74. The summed E-state index contributed by atoms with van der Waals surface area (Å²) in [6, 6.07) is 11.9. The van der Waals surface area contributed by atoms with Crippen molar-refractivity contribution in [3.05, 3.63) is 63.1 Å². The van der Waals surface area contributed by atoms with Crippen LogP contribution in [0.5, 0.6) is 5.75 Å². The van der Waals surface area contributed by atoms with Crippen molar-refractivity contribution >= 4 is 15.9 Å². The van der Waals surface area contributed by atoms with Crippen molar-refractivity contribution in [3.8, 4) is 5.75 Å². The van der Waals surface area contributed by atoms with E-state index in [0.29, 0.717) is 6.42 Å². The summed E-state index contributed by atoms with van der Waals surface area (Å²) < 4.78 is 6.37. The van der Waals surface area contributed by atoms with Gasteiger partial charge in [0.25, 0.3) is 0 Å². The molecule has 3 heteroatoms. The lowest BCUT2D eigenvalue weighted by molar-refractivity contribution is 0.0569. The Bertz CT molecular complexity index is 648. The van der Waals surface area contributed by atoms with Gasteiger partial charge in [0.05, 0.1) is 12.7 Å². The lowest BCUT2D eigenvalue weighted by Gasteiger charge is -2.26. The van der Waals surface area contributed by atoms with Gasteiger partial charge in [-0.1, -0.05) is 34.1 Å². The van der Waals surface area contributed by atoms with Crippen LogP contribution < -0.4 is 4.74 Å². The summed E-state index contributed by atoms with van der Waals surface area (Å²) in [7, 11) is 1.65. The third-order valence-electron chi connectivity index (χ3n) is 3.91. The molecule has 2 nitrogen and oxygen atoms in total. The highest BCUT2D eigenvalue weighted by atomic mass is 79.9. The molecule has 0 aliphatic carbocycles. The Morgan fingerprint density at radius 3 is 2.43 bits per heavy atom. The van der Waals surface area contributed by atoms with Crippen molar-refractivity contribution in [1.29, 1.82) is 0 Å². The summed E-state index contributed by atoms with van der Waals surface area (Å²) in [4.78, 5) is 0. The molecule has 1 atom stereocenters. The van der Waals surface area contributed by atoms with Gasteiger partial charge in [-0.15, -0.1) is 0 Å². The molecule has 0 fully saturated rings. The molecule has 0 aromatic heterocycles. The van der Waals surface area contributed by atoms with Crippen LogP contribution in [0.15, 0.2) is 40.9 Å². The van der Waals surface area contributed by atoms with Crippen molar-refractivity contribution in [2.24, 2.45) is 0 Å². The number of halogens is 1. The molecule has 0 spiro atoms. The summed E-state index contributed by atoms with van der Waals surface area (Å²) in [5, 5.41) is 10.9. The molecule has 0 bridgehead atoms. The first kappa shape index (κ1) is 16.1. The molecule has 112 valence electrons. The van der Waals surface area contributed by atoms with Gasteiger partial charge < -0.3 is 9.84 Å². The Morgan fingerprint density at radius 1 is 1.10 bits per heavy atom. The second-order valence-electron chi connectivity index (χ2n) is 5.71. The van der Waals surface area contributed by atoms with Crippen molar-refractivity contribution in [2.75, 3.05) is 7.11 Å². The highest BCUT2D eigenvalue weighted by Gasteiger charge is 2.25. The van der Waals surface area contributed by atoms with Gasteiger partial charge in [-0.05, 0) is 61.2 Å². The molecule has 0 saturated carbocycles. The van der Waals surface area contributed by atoms with Crippen LogP contribution in [0, 0.1) is 13.8 Å². The van der Waals surface area contributed by atoms with Gasteiger partial charge in [0.2, 0.25) is 0 Å². The maximum Gasteiger partial charge on any atom is 0.122 e. The molecule has 0 heterocycles. The third-order valence-corrected chi connectivity index (χ3v) is 4.40. The smallest absolute Gasteiger partial charge is 0.122 e. The number of hydrogen-bond acceptors (Lipinski definition) is 2. The quantitative estimate of drug-likeness (QED) is 0.879. The summed E-state index contributed by atoms with van der Waals surface area (Å²) in [6.07, 6.45) is 0.498. The second kappa shape index (κ2) is 6.20. The van der Waals surface area contributed by atoms with E-state index in [1.54, 1.807) is 7.11 Å². The second-order valence-corrected chi connectivity index (χ2v) is 6.62. The Labute approximate surface area is 134 Å². The molecule has 0 aliphatic heterocycles. The van der Waals surface area contributed by atoms with Gasteiger partial charge in [-0.2, -0.15) is 0 Å². The molecule has 0 saturated heterocycles. The maximum absolute atomic E-state index is 10.9. The Morgan fingerprint density at radius 2 is 1.81 bits per heavy atom. The van der Waals surface area contributed by atoms with Crippen LogP contribution in [-0.2, 0) is 12.0 Å². The molecule has 2 aromatic carbocycles. The SMILES string of the molecule is COc1ccc(Br)cc1CC(C)(O)c1ccc(C)c(C)c1. The predicted octanol–water partition coefficient (Wildman–Crippen LogP) is 4.52. The molecule has 21 heavy (non-hydrogen) atoms. The fraction of sp³-hybridized carbons (Fsp3) is 0.333. The molecule has 2 aromatic rings. The fourth-order valence-electron chi connectivity index (χ4n) is 2.43. The lowest BCUT2D eigenvalue weighted by atomic mass is 9.87. The normalized spacial score (nSPS) is 13.8. The Balaban J connectivity index is 2.36. The summed E-state index contributed by atoms with van der Waals surface area (Å²) >= 11 is 3.47. The zero-order valence-corrected chi connectivity index (χ0v) is 14.5. The Hall–Kier alpha value is -1.32. The number of hydrogen-bond donors (Lipinski definition) is 1. The van der Waals surface area contributed by atoms with E-state index in [1.165, 1.54) is 11.1 Å². The lowest BCUT2D eigenvalue weighted by Crippen LogP contribution is -2.24. The van der Waals surface area contributed by atoms with Crippen LogP contribution in [-0.4, -0.2) is 12.2 Å². The maximum atomic E-state index is 10.9. The topological polar surface area (TPSA) is 29.5 Å². The van der Waals surface area contributed by atoms with Crippen molar-refractivity contribution in [3.63, 3.8) is 0 Å². The standard InChI is InChI=1S/C18H21BrO2/c1-12-5-6-15(9-13(12)2)18(3,20)11-14-10-16(19)7-8-17(14)21-4/h5-10,20H,11H2,1-4H3. The van der Waals surface area contributed by atoms with Crippen molar-refractivity contribution < 1.29 is 9.84 Å². The average Bonchev–Trinajstić information content (AvgIpc) is 2.41. The van der Waals surface area contributed by atoms with Crippen LogP contribution in [0.2, 0.25) is 0 Å². The molecular weight excluding hydrogens is 328 g/mol. The monoisotopic (exact) mass is 348 g/mol. The first-order valence-electron chi connectivity index (χ1n) is 6.96. The molecule has 0 amide bonds. The van der Waals surface area contributed by atoms with Crippen molar-refractivity contribution in [2.45, 2.75) is 32.8 Å². The molecule has 0 radical (unpaired) electrons. The van der Waals surface area contributed by atoms with Crippen LogP contribution >= 0.6 is 15.9 Å². The average molecular weight is 349 g/mol. The highest BCUT2D eigenvalue weighted by molar-refractivity contribution is 9.10. The van der Waals surface area contributed by atoms with E-state index >= 15 is 0 Å². The van der Waals surface area contributed by atoms with Crippen molar-refractivity contribution in [1.82, 2.24) is 0 Å². The van der Waals surface area contributed by atoms with E-state index < -0.39 is 5.60 Å². The fourth-order valence-corrected chi connectivity index (χ4v) is 2.84. The van der Waals surface area contributed by atoms with Gasteiger partial charge >= 0.3 is 0 Å². The molecule has 1 N–H and O–H groups in total. The van der Waals surface area contributed by atoms with E-state index in [4.69, 9.17) is 4.74 Å². The predicted molar refractivity (Wildman–Crippen MR) is 89.9 cm³/mol. The first-order chi connectivity index (χ1) is 9.83. The van der Waals surface area contributed by atoms with Crippen LogP contribution in [0.25, 0.3) is 0 Å². The summed E-state index contributed by atoms with van der Waals surface area (Å²) in [5.74, 6) is 0.794. The summed E-state index contributed by atoms with van der Waals surface area (Å²) in [6.45, 7) is 5.98. The number of ether oxygens (including phenoxy) is 1. The minimum absolute atomic E-state index is 0.498. The van der Waals surface area contributed by atoms with Gasteiger partial charge in [0.15, 0.2) is 0 Å². The third kappa shape index (κ3) is 3.66.